The molecular formula is C12H18N2O4S3. The summed E-state index contributed by atoms with van der Waals surface area (Å²) < 4.78 is 50.4. The Kier molecular flexibility index (Phi) is 3.69. The predicted octanol–water partition coefficient (Wildman–Crippen LogP) is 0.288. The highest BCUT2D eigenvalue weighted by molar-refractivity contribution is 7.95. The van der Waals surface area contributed by atoms with Crippen molar-refractivity contribution in [3.63, 3.8) is 0 Å². The van der Waals surface area contributed by atoms with E-state index in [2.05, 4.69) is 5.32 Å². The Hall–Kier alpha value is -0.480. The summed E-state index contributed by atoms with van der Waals surface area (Å²) in [5, 5.41) is 4.85. The van der Waals surface area contributed by atoms with E-state index in [0.29, 0.717) is 25.9 Å². The SMILES string of the molecule is CN(C1CS(=O)(=O)C12CCNCC2)S(=O)(=O)c1cccs1. The summed E-state index contributed by atoms with van der Waals surface area (Å²) >= 11 is 1.15. The van der Waals surface area contributed by atoms with Gasteiger partial charge in [-0.25, -0.2) is 16.8 Å². The molecule has 1 spiro atoms. The van der Waals surface area contributed by atoms with E-state index in [4.69, 9.17) is 0 Å². The highest BCUT2D eigenvalue weighted by Crippen LogP contribution is 2.45. The largest absolute Gasteiger partial charge is 0.317 e. The molecule has 118 valence electrons. The fourth-order valence-corrected chi connectivity index (χ4v) is 8.52. The highest BCUT2D eigenvalue weighted by Gasteiger charge is 2.63. The fraction of sp³-hybridized carbons (Fsp3) is 0.667. The molecule has 0 aliphatic carbocycles. The average Bonchev–Trinajstić information content (AvgIpc) is 3.00. The fourth-order valence-electron chi connectivity index (χ4n) is 3.28. The van der Waals surface area contributed by atoms with E-state index in [9.17, 15) is 16.8 Å². The first-order chi connectivity index (χ1) is 9.81. The van der Waals surface area contributed by atoms with E-state index in [1.54, 1.807) is 17.5 Å². The van der Waals surface area contributed by atoms with Gasteiger partial charge in [-0.2, -0.15) is 4.31 Å². The standard InChI is InChI=1S/C12H18N2O4S3/c1-14(21(17,18)11-3-2-8-19-11)10-9-20(15,16)12(10)4-6-13-7-5-12/h2-3,8,10,13H,4-7,9H2,1H3. The maximum atomic E-state index is 12.6. The maximum absolute atomic E-state index is 12.6. The van der Waals surface area contributed by atoms with Crippen molar-refractivity contribution >= 4 is 31.2 Å². The second-order valence-electron chi connectivity index (χ2n) is 5.57. The van der Waals surface area contributed by atoms with Crippen molar-refractivity contribution in [2.45, 2.75) is 27.8 Å². The number of piperidine rings is 1. The van der Waals surface area contributed by atoms with Crippen molar-refractivity contribution in [1.82, 2.24) is 9.62 Å². The van der Waals surface area contributed by atoms with Gasteiger partial charge in [0.1, 0.15) is 4.21 Å². The van der Waals surface area contributed by atoms with Gasteiger partial charge in [-0.15, -0.1) is 11.3 Å². The van der Waals surface area contributed by atoms with Gasteiger partial charge in [-0.05, 0) is 37.4 Å². The molecule has 0 bridgehead atoms. The monoisotopic (exact) mass is 350 g/mol. The number of sulfone groups is 1. The maximum Gasteiger partial charge on any atom is 0.252 e. The Balaban J connectivity index is 1.94. The molecule has 1 atom stereocenters. The number of nitrogens with zero attached hydrogens (tertiary/aromatic N) is 1. The first-order valence-corrected chi connectivity index (χ1v) is 10.7. The number of thiophene rings is 1. The van der Waals surface area contributed by atoms with E-state index in [0.717, 1.165) is 11.3 Å². The van der Waals surface area contributed by atoms with Gasteiger partial charge in [0.05, 0.1) is 16.5 Å². The van der Waals surface area contributed by atoms with Crippen molar-refractivity contribution in [3.8, 4) is 0 Å². The summed E-state index contributed by atoms with van der Waals surface area (Å²) in [5.74, 6) is -0.0753. The number of nitrogens with one attached hydrogen (secondary N) is 1. The van der Waals surface area contributed by atoms with E-state index in [1.807, 2.05) is 0 Å². The lowest BCUT2D eigenvalue weighted by Gasteiger charge is -2.53. The van der Waals surface area contributed by atoms with Crippen LogP contribution in [-0.4, -0.2) is 57.8 Å². The Morgan fingerprint density at radius 1 is 1.38 bits per heavy atom. The summed E-state index contributed by atoms with van der Waals surface area (Å²) in [5.41, 5.74) is 0. The predicted molar refractivity (Wildman–Crippen MR) is 81.7 cm³/mol. The minimum absolute atomic E-state index is 0.0753. The molecule has 6 nitrogen and oxygen atoms in total. The molecule has 1 unspecified atom stereocenters. The number of rotatable bonds is 3. The topological polar surface area (TPSA) is 83.6 Å². The zero-order valence-electron chi connectivity index (χ0n) is 11.6. The Morgan fingerprint density at radius 2 is 2.05 bits per heavy atom. The van der Waals surface area contributed by atoms with Crippen molar-refractivity contribution < 1.29 is 16.8 Å². The zero-order chi connectivity index (χ0) is 15.3. The van der Waals surface area contributed by atoms with Gasteiger partial charge in [0.15, 0.2) is 9.84 Å². The lowest BCUT2D eigenvalue weighted by molar-refractivity contribution is 0.225. The summed E-state index contributed by atoms with van der Waals surface area (Å²) in [6, 6.07) is 2.78. The first-order valence-electron chi connectivity index (χ1n) is 6.76. The van der Waals surface area contributed by atoms with Crippen LogP contribution in [0.15, 0.2) is 21.7 Å². The molecule has 1 aromatic rings. The minimum atomic E-state index is -3.61. The van der Waals surface area contributed by atoms with E-state index >= 15 is 0 Å². The second-order valence-corrected chi connectivity index (χ2v) is 11.1. The molecule has 1 aromatic heterocycles. The molecule has 0 radical (unpaired) electrons. The van der Waals surface area contributed by atoms with Crippen LogP contribution in [0.25, 0.3) is 0 Å². The van der Waals surface area contributed by atoms with Crippen molar-refractivity contribution in [1.29, 1.82) is 0 Å². The smallest absolute Gasteiger partial charge is 0.252 e. The van der Waals surface area contributed by atoms with E-state index < -0.39 is 30.6 Å². The van der Waals surface area contributed by atoms with Crippen LogP contribution in [0.3, 0.4) is 0 Å². The van der Waals surface area contributed by atoms with Crippen molar-refractivity contribution in [2.75, 3.05) is 25.9 Å². The van der Waals surface area contributed by atoms with Crippen molar-refractivity contribution in [3.05, 3.63) is 17.5 Å². The van der Waals surface area contributed by atoms with Gasteiger partial charge >= 0.3 is 0 Å². The van der Waals surface area contributed by atoms with Gasteiger partial charge in [-0.3, -0.25) is 0 Å². The quantitative estimate of drug-likeness (QED) is 0.847. The first kappa shape index (κ1) is 15.4. The average molecular weight is 350 g/mol. The van der Waals surface area contributed by atoms with E-state index in [1.165, 1.54) is 11.4 Å². The summed E-state index contributed by atoms with van der Waals surface area (Å²) in [7, 11) is -5.33. The van der Waals surface area contributed by atoms with Crippen LogP contribution >= 0.6 is 11.3 Å². The van der Waals surface area contributed by atoms with Gasteiger partial charge in [0, 0.05) is 7.05 Å². The summed E-state index contributed by atoms with van der Waals surface area (Å²) in [6.07, 6.45) is 0.953. The molecule has 3 heterocycles. The molecular weight excluding hydrogens is 332 g/mol. The molecule has 2 aliphatic heterocycles. The molecule has 0 saturated carbocycles. The van der Waals surface area contributed by atoms with E-state index in [-0.39, 0.29) is 9.96 Å². The zero-order valence-corrected chi connectivity index (χ0v) is 14.1. The number of hydrogen-bond donors (Lipinski definition) is 1. The molecule has 9 heteroatoms. The van der Waals surface area contributed by atoms with Gasteiger partial charge in [-0.1, -0.05) is 6.07 Å². The van der Waals surface area contributed by atoms with Crippen LogP contribution in [-0.2, 0) is 19.9 Å². The van der Waals surface area contributed by atoms with Crippen molar-refractivity contribution in [2.24, 2.45) is 0 Å². The highest BCUT2D eigenvalue weighted by atomic mass is 32.2. The van der Waals surface area contributed by atoms with Crippen LogP contribution in [0.1, 0.15) is 12.8 Å². The molecule has 2 aliphatic rings. The molecule has 21 heavy (non-hydrogen) atoms. The van der Waals surface area contributed by atoms with Crippen LogP contribution in [0, 0.1) is 0 Å². The summed E-state index contributed by atoms with van der Waals surface area (Å²) in [4.78, 5) is 0. The van der Waals surface area contributed by atoms with Gasteiger partial charge in [0.25, 0.3) is 10.0 Å². The third kappa shape index (κ3) is 2.17. The molecule has 3 rings (SSSR count). The minimum Gasteiger partial charge on any atom is -0.317 e. The molecule has 0 aromatic carbocycles. The van der Waals surface area contributed by atoms with Crippen LogP contribution < -0.4 is 5.32 Å². The van der Waals surface area contributed by atoms with Gasteiger partial charge < -0.3 is 5.32 Å². The lowest BCUT2D eigenvalue weighted by atomic mass is 9.89. The number of hydrogen-bond acceptors (Lipinski definition) is 6. The van der Waals surface area contributed by atoms with Crippen LogP contribution in [0.5, 0.6) is 0 Å². The molecule has 2 fully saturated rings. The van der Waals surface area contributed by atoms with Crippen LogP contribution in [0.2, 0.25) is 0 Å². The molecule has 0 amide bonds. The Morgan fingerprint density at radius 3 is 2.57 bits per heavy atom. The third-order valence-electron chi connectivity index (χ3n) is 4.62. The third-order valence-corrected chi connectivity index (χ3v) is 10.5. The molecule has 2 saturated heterocycles. The Bertz CT molecular complexity index is 719. The van der Waals surface area contributed by atoms with Gasteiger partial charge in [0.2, 0.25) is 0 Å². The summed E-state index contributed by atoms with van der Waals surface area (Å²) in [6.45, 7) is 1.23. The Labute approximate surface area is 129 Å². The van der Waals surface area contributed by atoms with Crippen LogP contribution in [0.4, 0.5) is 0 Å². The normalized spacial score (nSPS) is 27.6. The second kappa shape index (κ2) is 5.02. The molecule has 1 N–H and O–H groups in total. The lowest BCUT2D eigenvalue weighted by Crippen LogP contribution is -2.72. The number of sulfonamides is 1.